The Labute approximate surface area is 119 Å². The van der Waals surface area contributed by atoms with Crippen LogP contribution in [0.25, 0.3) is 22.8 Å². The summed E-state index contributed by atoms with van der Waals surface area (Å²) in [4.78, 5) is 4.20. The van der Waals surface area contributed by atoms with Crippen molar-refractivity contribution in [3.63, 3.8) is 0 Å². The Morgan fingerprint density at radius 1 is 1.05 bits per heavy atom. The molecule has 0 aliphatic heterocycles. The molecule has 0 atom stereocenters. The fourth-order valence-corrected chi connectivity index (χ4v) is 2.05. The minimum absolute atomic E-state index is 0.109. The van der Waals surface area contributed by atoms with E-state index >= 15 is 0 Å². The number of nitrogens with zero attached hydrogens (tertiary/aromatic N) is 2. The van der Waals surface area contributed by atoms with Crippen molar-refractivity contribution in [3.8, 4) is 34.3 Å². The van der Waals surface area contributed by atoms with Gasteiger partial charge in [0.15, 0.2) is 0 Å². The molecule has 0 aliphatic carbocycles. The average molecular weight is 286 g/mol. The van der Waals surface area contributed by atoms with Gasteiger partial charge in [-0.05, 0) is 42.8 Å². The number of aryl methyl sites for hydroxylation is 1. The Morgan fingerprint density at radius 2 is 1.76 bits per heavy atom. The molecule has 2 N–H and O–H groups in total. The number of phenolic OH excluding ortho intramolecular Hbond substituents is 2. The molecule has 0 saturated carbocycles. The molecule has 106 valence electrons. The van der Waals surface area contributed by atoms with Crippen LogP contribution >= 0.6 is 0 Å². The molecular weight excluding hydrogens is 275 g/mol. The predicted molar refractivity (Wildman–Crippen MR) is 73.2 cm³/mol. The third kappa shape index (κ3) is 2.55. The lowest BCUT2D eigenvalue weighted by molar-refractivity contribution is 0.428. The van der Waals surface area contributed by atoms with E-state index in [1.807, 2.05) is 0 Å². The summed E-state index contributed by atoms with van der Waals surface area (Å²) in [6, 6.07) is 8.26. The quantitative estimate of drug-likeness (QED) is 0.756. The van der Waals surface area contributed by atoms with E-state index in [1.54, 1.807) is 13.0 Å². The Hall–Kier alpha value is -2.89. The molecule has 0 saturated heterocycles. The van der Waals surface area contributed by atoms with E-state index in [-0.39, 0.29) is 23.2 Å². The van der Waals surface area contributed by atoms with Crippen LogP contribution in [0.3, 0.4) is 0 Å². The zero-order valence-corrected chi connectivity index (χ0v) is 11.0. The molecule has 0 bridgehead atoms. The highest BCUT2D eigenvalue weighted by atomic mass is 19.1. The number of benzene rings is 2. The zero-order chi connectivity index (χ0) is 15.0. The molecule has 1 aromatic heterocycles. The van der Waals surface area contributed by atoms with Crippen molar-refractivity contribution in [1.82, 2.24) is 10.1 Å². The van der Waals surface area contributed by atoms with Crippen LogP contribution in [0.1, 0.15) is 5.56 Å². The summed E-state index contributed by atoms with van der Waals surface area (Å²) in [7, 11) is 0. The van der Waals surface area contributed by atoms with E-state index in [9.17, 15) is 14.6 Å². The van der Waals surface area contributed by atoms with Crippen LogP contribution in [0.4, 0.5) is 4.39 Å². The van der Waals surface area contributed by atoms with Crippen molar-refractivity contribution in [1.29, 1.82) is 0 Å². The molecule has 0 unspecified atom stereocenters. The molecule has 3 rings (SSSR count). The van der Waals surface area contributed by atoms with Gasteiger partial charge in [0.1, 0.15) is 17.3 Å². The van der Waals surface area contributed by atoms with E-state index < -0.39 is 0 Å². The van der Waals surface area contributed by atoms with Crippen molar-refractivity contribution < 1.29 is 19.1 Å². The maximum absolute atomic E-state index is 13.1. The minimum Gasteiger partial charge on any atom is -0.508 e. The van der Waals surface area contributed by atoms with Gasteiger partial charge in [0.2, 0.25) is 5.82 Å². The second-order valence-electron chi connectivity index (χ2n) is 4.62. The number of aromatic hydroxyl groups is 2. The number of hydrogen-bond donors (Lipinski definition) is 2. The molecule has 0 fully saturated rings. The van der Waals surface area contributed by atoms with Crippen LogP contribution in [0.2, 0.25) is 0 Å². The summed E-state index contributed by atoms with van der Waals surface area (Å²) in [6.07, 6.45) is 0. The summed E-state index contributed by atoms with van der Waals surface area (Å²) in [6.45, 7) is 1.74. The number of halogens is 1. The van der Waals surface area contributed by atoms with Gasteiger partial charge in [-0.15, -0.1) is 0 Å². The smallest absolute Gasteiger partial charge is 0.258 e. The number of aromatic nitrogens is 2. The second-order valence-corrected chi connectivity index (χ2v) is 4.62. The molecule has 2 aromatic carbocycles. The Bertz CT molecular complexity index is 794. The predicted octanol–water partition coefficient (Wildman–Crippen LogP) is 3.26. The molecule has 21 heavy (non-hydrogen) atoms. The van der Waals surface area contributed by atoms with Crippen molar-refractivity contribution in [2.45, 2.75) is 6.92 Å². The summed E-state index contributed by atoms with van der Waals surface area (Å²) in [5.74, 6) is -0.0893. The van der Waals surface area contributed by atoms with Gasteiger partial charge in [0, 0.05) is 17.2 Å². The van der Waals surface area contributed by atoms with E-state index in [2.05, 4.69) is 10.1 Å². The molecule has 5 nitrogen and oxygen atoms in total. The van der Waals surface area contributed by atoms with E-state index in [1.165, 1.54) is 30.3 Å². The summed E-state index contributed by atoms with van der Waals surface area (Å²) in [5.41, 5.74) is 1.72. The molecule has 0 aliphatic rings. The first kappa shape index (κ1) is 13.1. The van der Waals surface area contributed by atoms with E-state index in [0.717, 1.165) is 0 Å². The largest absolute Gasteiger partial charge is 0.508 e. The number of rotatable bonds is 2. The van der Waals surface area contributed by atoms with E-state index in [4.69, 9.17) is 4.52 Å². The van der Waals surface area contributed by atoms with Crippen molar-refractivity contribution >= 4 is 0 Å². The second kappa shape index (κ2) is 4.90. The standard InChI is InChI=1S/C15H11FN2O3/c1-8-4-10(16)2-3-13(8)14-17-15(21-18-14)9-5-11(19)7-12(20)6-9/h2-7,19-20H,1H3. The average Bonchev–Trinajstić information content (AvgIpc) is 2.87. The van der Waals surface area contributed by atoms with E-state index in [0.29, 0.717) is 22.5 Å². The molecule has 6 heteroatoms. The molecule has 0 amide bonds. The molecular formula is C15H11FN2O3. The first-order valence-electron chi connectivity index (χ1n) is 6.16. The fourth-order valence-electron chi connectivity index (χ4n) is 2.05. The van der Waals surface area contributed by atoms with Crippen LogP contribution < -0.4 is 0 Å². The lowest BCUT2D eigenvalue weighted by Gasteiger charge is -2.00. The highest BCUT2D eigenvalue weighted by molar-refractivity contribution is 5.64. The third-order valence-electron chi connectivity index (χ3n) is 3.00. The van der Waals surface area contributed by atoms with Gasteiger partial charge < -0.3 is 14.7 Å². The number of phenols is 2. The Kier molecular flexibility index (Phi) is 3.06. The van der Waals surface area contributed by atoms with Crippen LogP contribution in [0, 0.1) is 12.7 Å². The normalized spacial score (nSPS) is 10.8. The lowest BCUT2D eigenvalue weighted by atomic mass is 10.1. The third-order valence-corrected chi connectivity index (χ3v) is 3.00. The van der Waals surface area contributed by atoms with Crippen LogP contribution in [-0.4, -0.2) is 20.4 Å². The van der Waals surface area contributed by atoms with Crippen LogP contribution in [0.15, 0.2) is 40.9 Å². The SMILES string of the molecule is Cc1cc(F)ccc1-c1noc(-c2cc(O)cc(O)c2)n1. The van der Waals surface area contributed by atoms with Crippen molar-refractivity contribution in [3.05, 3.63) is 47.8 Å². The number of hydrogen-bond acceptors (Lipinski definition) is 5. The van der Waals surface area contributed by atoms with Crippen molar-refractivity contribution in [2.24, 2.45) is 0 Å². The van der Waals surface area contributed by atoms with Crippen molar-refractivity contribution in [2.75, 3.05) is 0 Å². The highest BCUT2D eigenvalue weighted by Gasteiger charge is 2.14. The maximum Gasteiger partial charge on any atom is 0.258 e. The monoisotopic (exact) mass is 286 g/mol. The molecule has 3 aromatic rings. The minimum atomic E-state index is -0.335. The van der Waals surface area contributed by atoms with Gasteiger partial charge in [-0.1, -0.05) is 5.16 Å². The molecule has 0 radical (unpaired) electrons. The first-order valence-corrected chi connectivity index (χ1v) is 6.16. The summed E-state index contributed by atoms with van der Waals surface area (Å²) in [5, 5.41) is 22.8. The zero-order valence-electron chi connectivity index (χ0n) is 11.0. The molecule has 0 spiro atoms. The van der Waals surface area contributed by atoms with Crippen LogP contribution in [-0.2, 0) is 0 Å². The van der Waals surface area contributed by atoms with Gasteiger partial charge in [0.05, 0.1) is 0 Å². The van der Waals surface area contributed by atoms with Crippen LogP contribution in [0.5, 0.6) is 11.5 Å². The molecule has 1 heterocycles. The highest BCUT2D eigenvalue weighted by Crippen LogP contribution is 2.29. The van der Waals surface area contributed by atoms with Gasteiger partial charge in [-0.25, -0.2) is 4.39 Å². The Balaban J connectivity index is 2.03. The van der Waals surface area contributed by atoms with Gasteiger partial charge in [-0.2, -0.15) is 4.98 Å². The topological polar surface area (TPSA) is 79.4 Å². The summed E-state index contributed by atoms with van der Waals surface area (Å²) < 4.78 is 18.2. The first-order chi connectivity index (χ1) is 10.0. The maximum atomic E-state index is 13.1. The Morgan fingerprint density at radius 3 is 2.43 bits per heavy atom. The summed E-state index contributed by atoms with van der Waals surface area (Å²) >= 11 is 0. The van der Waals surface area contributed by atoms with Gasteiger partial charge >= 0.3 is 0 Å². The fraction of sp³-hybridized carbons (Fsp3) is 0.0667. The van der Waals surface area contributed by atoms with Gasteiger partial charge in [0.25, 0.3) is 5.89 Å². The van der Waals surface area contributed by atoms with Gasteiger partial charge in [-0.3, -0.25) is 0 Å². The lowest BCUT2D eigenvalue weighted by Crippen LogP contribution is -1.87.